The molecule has 0 amide bonds. The minimum atomic E-state index is -0.0783. The van der Waals surface area contributed by atoms with Gasteiger partial charge in [-0.2, -0.15) is 27.1 Å². The highest BCUT2D eigenvalue weighted by molar-refractivity contribution is 7.99. The Morgan fingerprint density at radius 2 is 1.75 bits per heavy atom. The van der Waals surface area contributed by atoms with Crippen LogP contribution in [0.15, 0.2) is 71.8 Å². The van der Waals surface area contributed by atoms with Crippen LogP contribution >= 0.6 is 11.8 Å². The van der Waals surface area contributed by atoms with Crippen molar-refractivity contribution in [2.24, 2.45) is 0 Å². The number of thioether (sulfide) groups is 1. The van der Waals surface area contributed by atoms with Gasteiger partial charge in [0.1, 0.15) is 5.69 Å². The van der Waals surface area contributed by atoms with Crippen LogP contribution < -0.4 is 5.56 Å². The summed E-state index contributed by atoms with van der Waals surface area (Å²) >= 11 is 1.94. The maximum atomic E-state index is 13.3. The van der Waals surface area contributed by atoms with E-state index in [1.165, 1.54) is 0 Å². The Morgan fingerprint density at radius 3 is 2.53 bits per heavy atom. The monoisotopic (exact) mass is 442 g/mol. The SMILES string of the molecule is O=c1c2nn(Cc3ccc(-n4cccn4)cc3)c3ccccc3c-2nn1C1CCSCC1. The molecular formula is C24H22N6OS. The molecule has 0 unspecified atom stereocenters. The largest absolute Gasteiger partial charge is 0.297 e. The number of rotatable bonds is 4. The maximum absolute atomic E-state index is 13.3. The molecule has 1 fully saturated rings. The summed E-state index contributed by atoms with van der Waals surface area (Å²) in [5.74, 6) is 2.14. The maximum Gasteiger partial charge on any atom is 0.297 e. The molecule has 7 nitrogen and oxygen atoms in total. The summed E-state index contributed by atoms with van der Waals surface area (Å²) in [4.78, 5) is 13.3. The number of para-hydroxylation sites is 1. The Bertz CT molecular complexity index is 1400. The Balaban J connectivity index is 1.43. The van der Waals surface area contributed by atoms with E-state index >= 15 is 0 Å². The summed E-state index contributed by atoms with van der Waals surface area (Å²) in [6.07, 6.45) is 5.65. The van der Waals surface area contributed by atoms with E-state index in [1.807, 2.05) is 69.8 Å². The van der Waals surface area contributed by atoms with Crippen molar-refractivity contribution in [3.8, 4) is 17.1 Å². The highest BCUT2D eigenvalue weighted by Gasteiger charge is 2.26. The van der Waals surface area contributed by atoms with Crippen molar-refractivity contribution in [3.63, 3.8) is 0 Å². The van der Waals surface area contributed by atoms with Crippen LogP contribution in [0.4, 0.5) is 0 Å². The second-order valence-corrected chi connectivity index (χ2v) is 9.31. The van der Waals surface area contributed by atoms with Gasteiger partial charge in [0.15, 0.2) is 5.69 Å². The van der Waals surface area contributed by atoms with Crippen LogP contribution in [-0.2, 0) is 6.54 Å². The lowest BCUT2D eigenvalue weighted by Gasteiger charge is -2.20. The second kappa shape index (κ2) is 7.94. The Labute approximate surface area is 189 Å². The first-order chi connectivity index (χ1) is 15.8. The molecule has 3 aliphatic rings. The smallest absolute Gasteiger partial charge is 0.265 e. The first-order valence-corrected chi connectivity index (χ1v) is 12.0. The summed E-state index contributed by atoms with van der Waals surface area (Å²) in [7, 11) is 0. The van der Waals surface area contributed by atoms with E-state index in [2.05, 4.69) is 17.2 Å². The van der Waals surface area contributed by atoms with Gasteiger partial charge in [-0.05, 0) is 54.2 Å². The zero-order valence-corrected chi connectivity index (χ0v) is 18.3. The van der Waals surface area contributed by atoms with Crippen LogP contribution in [0.2, 0.25) is 0 Å². The standard InChI is InChI=1S/C24H22N6OS/c31-24-23-22(27-30(24)19-10-14-32-15-11-19)20-4-1-2-5-21(20)29(26-23)16-17-6-8-18(9-7-17)28-13-3-12-25-28/h1-9,12-13,19H,10-11,14-16H2. The molecule has 8 heteroatoms. The molecule has 1 saturated heterocycles. The molecule has 0 saturated carbocycles. The van der Waals surface area contributed by atoms with Crippen molar-refractivity contribution in [1.29, 1.82) is 0 Å². The lowest BCUT2D eigenvalue weighted by molar-refractivity contribution is 0.418. The Hall–Kier alpha value is -3.39. The molecule has 3 aliphatic heterocycles. The van der Waals surface area contributed by atoms with E-state index in [0.717, 1.165) is 46.5 Å². The predicted molar refractivity (Wildman–Crippen MR) is 127 cm³/mol. The van der Waals surface area contributed by atoms with Gasteiger partial charge in [-0.15, -0.1) is 0 Å². The van der Waals surface area contributed by atoms with Crippen molar-refractivity contribution in [2.45, 2.75) is 25.4 Å². The molecule has 32 heavy (non-hydrogen) atoms. The molecule has 0 N–H and O–H groups in total. The normalized spacial score (nSPS) is 15.0. The number of nitrogens with zero attached hydrogens (tertiary/aromatic N) is 6. The van der Waals surface area contributed by atoms with E-state index in [9.17, 15) is 4.79 Å². The van der Waals surface area contributed by atoms with Crippen LogP contribution in [0.1, 0.15) is 24.4 Å². The van der Waals surface area contributed by atoms with Gasteiger partial charge in [0.05, 0.1) is 23.8 Å². The molecule has 0 aliphatic carbocycles. The lowest BCUT2D eigenvalue weighted by Crippen LogP contribution is -2.26. The van der Waals surface area contributed by atoms with Gasteiger partial charge in [-0.1, -0.05) is 30.3 Å². The van der Waals surface area contributed by atoms with E-state index in [0.29, 0.717) is 17.9 Å². The average molecular weight is 443 g/mol. The fourth-order valence-electron chi connectivity index (χ4n) is 4.40. The van der Waals surface area contributed by atoms with E-state index in [1.54, 1.807) is 10.9 Å². The van der Waals surface area contributed by atoms with Crippen LogP contribution in [0, 0.1) is 0 Å². The third-order valence-corrected chi connectivity index (χ3v) is 7.12. The summed E-state index contributed by atoms with van der Waals surface area (Å²) in [6.45, 7) is 0.570. The van der Waals surface area contributed by atoms with Crippen molar-refractivity contribution < 1.29 is 0 Å². The van der Waals surface area contributed by atoms with E-state index in [-0.39, 0.29) is 11.6 Å². The first-order valence-electron chi connectivity index (χ1n) is 10.8. The summed E-state index contributed by atoms with van der Waals surface area (Å²) < 4.78 is 5.44. The van der Waals surface area contributed by atoms with Gasteiger partial charge >= 0.3 is 0 Å². The van der Waals surface area contributed by atoms with Crippen molar-refractivity contribution in [3.05, 3.63) is 82.9 Å². The fraction of sp³-hybridized carbons (Fsp3) is 0.250. The second-order valence-electron chi connectivity index (χ2n) is 8.08. The number of fused-ring (bicyclic) bond motifs is 3. The number of hydrogen-bond donors (Lipinski definition) is 0. The average Bonchev–Trinajstić information content (AvgIpc) is 3.49. The zero-order valence-electron chi connectivity index (χ0n) is 17.5. The number of benzene rings is 2. The Kier molecular flexibility index (Phi) is 4.79. The van der Waals surface area contributed by atoms with E-state index < -0.39 is 0 Å². The van der Waals surface area contributed by atoms with Gasteiger partial charge in [-0.3, -0.25) is 9.48 Å². The van der Waals surface area contributed by atoms with Crippen LogP contribution in [0.25, 0.3) is 28.0 Å². The molecule has 4 heterocycles. The fourth-order valence-corrected chi connectivity index (χ4v) is 5.48. The van der Waals surface area contributed by atoms with Crippen molar-refractivity contribution in [1.82, 2.24) is 29.3 Å². The molecular weight excluding hydrogens is 420 g/mol. The molecule has 0 bridgehead atoms. The minimum absolute atomic E-state index is 0.0783. The van der Waals surface area contributed by atoms with Crippen LogP contribution in [0.3, 0.4) is 0 Å². The Morgan fingerprint density at radius 1 is 0.938 bits per heavy atom. The zero-order chi connectivity index (χ0) is 21.5. The molecule has 1 aromatic heterocycles. The highest BCUT2D eigenvalue weighted by Crippen LogP contribution is 2.30. The lowest BCUT2D eigenvalue weighted by atomic mass is 10.1. The van der Waals surface area contributed by atoms with Crippen molar-refractivity contribution in [2.75, 3.05) is 11.5 Å². The molecule has 3 aromatic rings. The van der Waals surface area contributed by atoms with Crippen LogP contribution in [0.5, 0.6) is 0 Å². The van der Waals surface area contributed by atoms with Gasteiger partial charge in [0.2, 0.25) is 0 Å². The molecule has 6 rings (SSSR count). The molecule has 0 radical (unpaired) electrons. The van der Waals surface area contributed by atoms with Gasteiger partial charge in [-0.25, -0.2) is 9.36 Å². The van der Waals surface area contributed by atoms with Crippen molar-refractivity contribution >= 4 is 22.7 Å². The quantitative estimate of drug-likeness (QED) is 0.421. The highest BCUT2D eigenvalue weighted by atomic mass is 32.2. The molecule has 160 valence electrons. The first kappa shape index (κ1) is 19.3. The summed E-state index contributed by atoms with van der Waals surface area (Å²) in [6, 6.07) is 18.4. The minimum Gasteiger partial charge on any atom is -0.265 e. The molecule has 0 spiro atoms. The summed E-state index contributed by atoms with van der Waals surface area (Å²) in [5.41, 5.74) is 4.16. The van der Waals surface area contributed by atoms with Gasteiger partial charge < -0.3 is 0 Å². The number of hydrogen-bond acceptors (Lipinski definition) is 5. The summed E-state index contributed by atoms with van der Waals surface area (Å²) in [5, 5.41) is 14.8. The molecule has 0 atom stereocenters. The predicted octanol–water partition coefficient (Wildman–Crippen LogP) is 4.00. The third-order valence-electron chi connectivity index (χ3n) is 6.07. The van der Waals surface area contributed by atoms with Gasteiger partial charge in [0, 0.05) is 17.8 Å². The number of aromatic nitrogens is 6. The third kappa shape index (κ3) is 3.31. The molecule has 2 aromatic carbocycles. The van der Waals surface area contributed by atoms with Crippen LogP contribution in [-0.4, -0.2) is 40.8 Å². The van der Waals surface area contributed by atoms with E-state index in [4.69, 9.17) is 10.2 Å². The topological polar surface area (TPSA) is 70.5 Å². The van der Waals surface area contributed by atoms with Gasteiger partial charge in [0.25, 0.3) is 5.56 Å².